The molecule has 7 heteroatoms. The van der Waals surface area contributed by atoms with E-state index in [1.54, 1.807) is 19.2 Å². The summed E-state index contributed by atoms with van der Waals surface area (Å²) in [6.45, 7) is 6.92. The van der Waals surface area contributed by atoms with E-state index in [1.165, 1.54) is 12.1 Å². The van der Waals surface area contributed by atoms with Crippen molar-refractivity contribution < 1.29 is 13.9 Å². The number of piperazine rings is 2. The molecule has 0 aromatic heterocycles. The van der Waals surface area contributed by atoms with Crippen LogP contribution in [0.1, 0.15) is 0 Å². The Hall–Kier alpha value is -2.80. The largest absolute Gasteiger partial charge is 0.495 e. The summed E-state index contributed by atoms with van der Waals surface area (Å²) in [5, 5.41) is 0. The van der Waals surface area contributed by atoms with Crippen LogP contribution in [-0.2, 0) is 4.79 Å². The topological polar surface area (TPSA) is 39.3 Å². The Labute approximate surface area is 177 Å². The maximum atomic E-state index is 13.1. The van der Waals surface area contributed by atoms with E-state index in [9.17, 15) is 9.18 Å². The number of benzene rings is 2. The zero-order chi connectivity index (χ0) is 20.9. The molecule has 0 saturated carbocycles. The molecule has 0 aliphatic carbocycles. The summed E-state index contributed by atoms with van der Waals surface area (Å²) in [4.78, 5) is 21.5. The van der Waals surface area contributed by atoms with Gasteiger partial charge in [0.05, 0.1) is 19.3 Å². The van der Waals surface area contributed by atoms with Crippen LogP contribution in [-0.4, -0.2) is 81.7 Å². The minimum atomic E-state index is -0.224. The Bertz CT molecular complexity index is 845. The number of halogens is 1. The first-order chi connectivity index (χ1) is 14.6. The van der Waals surface area contributed by atoms with Crippen LogP contribution in [0.4, 0.5) is 15.8 Å². The molecule has 0 spiro atoms. The summed E-state index contributed by atoms with van der Waals surface area (Å²) >= 11 is 0. The third-order valence-electron chi connectivity index (χ3n) is 5.98. The Balaban J connectivity index is 1.24. The van der Waals surface area contributed by atoms with Crippen molar-refractivity contribution in [2.75, 3.05) is 75.8 Å². The number of methoxy groups -OCH3 is 1. The van der Waals surface area contributed by atoms with Crippen LogP contribution in [0.15, 0.2) is 48.5 Å². The lowest BCUT2D eigenvalue weighted by molar-refractivity contribution is -0.132. The Morgan fingerprint density at radius 1 is 0.867 bits per heavy atom. The summed E-state index contributed by atoms with van der Waals surface area (Å²) in [5.41, 5.74) is 2.12. The van der Waals surface area contributed by atoms with Gasteiger partial charge in [-0.3, -0.25) is 9.69 Å². The standard InChI is InChI=1S/C23H29FN4O2/c1-30-22-5-3-2-4-21(22)27-12-10-25(11-13-27)18-23(29)28-16-14-26(15-17-28)20-8-6-19(24)7-9-20/h2-9H,10-18H2,1H3. The predicted octanol–water partition coefficient (Wildman–Crippen LogP) is 2.31. The molecule has 0 bridgehead atoms. The summed E-state index contributed by atoms with van der Waals surface area (Å²) in [6.07, 6.45) is 0. The quantitative estimate of drug-likeness (QED) is 0.754. The van der Waals surface area contributed by atoms with Gasteiger partial charge in [0, 0.05) is 58.0 Å². The molecule has 30 heavy (non-hydrogen) atoms. The van der Waals surface area contributed by atoms with E-state index in [1.807, 2.05) is 23.1 Å². The number of para-hydroxylation sites is 2. The molecular weight excluding hydrogens is 383 g/mol. The van der Waals surface area contributed by atoms with Gasteiger partial charge in [0.25, 0.3) is 0 Å². The molecule has 2 aromatic rings. The molecule has 6 nitrogen and oxygen atoms in total. The van der Waals surface area contributed by atoms with Crippen molar-refractivity contribution in [2.24, 2.45) is 0 Å². The molecule has 4 rings (SSSR count). The van der Waals surface area contributed by atoms with Crippen LogP contribution in [0, 0.1) is 5.82 Å². The zero-order valence-corrected chi connectivity index (χ0v) is 17.5. The average molecular weight is 413 g/mol. The van der Waals surface area contributed by atoms with E-state index >= 15 is 0 Å². The maximum absolute atomic E-state index is 13.1. The molecule has 2 aliphatic heterocycles. The number of hydrogen-bond acceptors (Lipinski definition) is 5. The first-order valence-corrected chi connectivity index (χ1v) is 10.5. The van der Waals surface area contributed by atoms with Gasteiger partial charge in [-0.05, 0) is 36.4 Å². The molecule has 0 radical (unpaired) electrons. The van der Waals surface area contributed by atoms with Gasteiger partial charge in [-0.15, -0.1) is 0 Å². The molecular formula is C23H29FN4O2. The van der Waals surface area contributed by atoms with Crippen molar-refractivity contribution in [3.8, 4) is 5.75 Å². The lowest BCUT2D eigenvalue weighted by Crippen LogP contribution is -2.54. The molecule has 2 heterocycles. The maximum Gasteiger partial charge on any atom is 0.236 e. The van der Waals surface area contributed by atoms with E-state index in [2.05, 4.69) is 20.8 Å². The molecule has 0 unspecified atom stereocenters. The van der Waals surface area contributed by atoms with E-state index in [-0.39, 0.29) is 11.7 Å². The minimum Gasteiger partial charge on any atom is -0.495 e. The predicted molar refractivity (Wildman–Crippen MR) is 117 cm³/mol. The number of ether oxygens (including phenoxy) is 1. The highest BCUT2D eigenvalue weighted by atomic mass is 19.1. The van der Waals surface area contributed by atoms with Gasteiger partial charge in [-0.2, -0.15) is 0 Å². The lowest BCUT2D eigenvalue weighted by atomic mass is 10.2. The van der Waals surface area contributed by atoms with Crippen molar-refractivity contribution in [1.29, 1.82) is 0 Å². The van der Waals surface area contributed by atoms with Crippen LogP contribution in [0.5, 0.6) is 5.75 Å². The zero-order valence-electron chi connectivity index (χ0n) is 17.5. The van der Waals surface area contributed by atoms with Crippen LogP contribution < -0.4 is 14.5 Å². The van der Waals surface area contributed by atoms with E-state index < -0.39 is 0 Å². The van der Waals surface area contributed by atoms with E-state index in [4.69, 9.17) is 4.74 Å². The Kier molecular flexibility index (Phi) is 6.38. The summed E-state index contributed by atoms with van der Waals surface area (Å²) in [5.74, 6) is 0.860. The van der Waals surface area contributed by atoms with Crippen LogP contribution in [0.25, 0.3) is 0 Å². The molecule has 2 aliphatic rings. The van der Waals surface area contributed by atoms with E-state index in [0.29, 0.717) is 19.6 Å². The Morgan fingerprint density at radius 3 is 2.17 bits per heavy atom. The highest BCUT2D eigenvalue weighted by Gasteiger charge is 2.25. The number of carbonyl (C=O) groups is 1. The van der Waals surface area contributed by atoms with Crippen molar-refractivity contribution in [1.82, 2.24) is 9.80 Å². The van der Waals surface area contributed by atoms with Gasteiger partial charge < -0.3 is 19.4 Å². The second-order valence-corrected chi connectivity index (χ2v) is 7.78. The summed E-state index contributed by atoms with van der Waals surface area (Å²) in [7, 11) is 1.70. The van der Waals surface area contributed by atoms with Gasteiger partial charge in [0.1, 0.15) is 11.6 Å². The highest BCUT2D eigenvalue weighted by Crippen LogP contribution is 2.28. The number of nitrogens with zero attached hydrogens (tertiary/aromatic N) is 4. The molecule has 2 fully saturated rings. The fraction of sp³-hybridized carbons (Fsp3) is 0.435. The number of carbonyl (C=O) groups excluding carboxylic acids is 1. The molecule has 160 valence electrons. The van der Waals surface area contributed by atoms with Gasteiger partial charge in [0.15, 0.2) is 0 Å². The Morgan fingerprint density at radius 2 is 1.50 bits per heavy atom. The normalized spacial score (nSPS) is 17.9. The van der Waals surface area contributed by atoms with Gasteiger partial charge in [0.2, 0.25) is 5.91 Å². The van der Waals surface area contributed by atoms with Crippen molar-refractivity contribution in [3.05, 3.63) is 54.3 Å². The van der Waals surface area contributed by atoms with Gasteiger partial charge >= 0.3 is 0 Å². The first kappa shape index (κ1) is 20.5. The van der Waals surface area contributed by atoms with E-state index in [0.717, 1.165) is 56.4 Å². The lowest BCUT2D eigenvalue weighted by Gasteiger charge is -2.39. The van der Waals surface area contributed by atoms with Gasteiger partial charge in [-0.1, -0.05) is 12.1 Å². The highest BCUT2D eigenvalue weighted by molar-refractivity contribution is 5.78. The van der Waals surface area contributed by atoms with Gasteiger partial charge in [-0.25, -0.2) is 4.39 Å². The SMILES string of the molecule is COc1ccccc1N1CCN(CC(=O)N2CCN(c3ccc(F)cc3)CC2)CC1. The number of hydrogen-bond donors (Lipinski definition) is 0. The fourth-order valence-corrected chi connectivity index (χ4v) is 4.20. The van der Waals surface area contributed by atoms with Crippen molar-refractivity contribution >= 4 is 17.3 Å². The number of rotatable bonds is 5. The molecule has 0 atom stereocenters. The third-order valence-corrected chi connectivity index (χ3v) is 5.98. The monoisotopic (exact) mass is 412 g/mol. The average Bonchev–Trinajstić information content (AvgIpc) is 2.80. The molecule has 2 aromatic carbocycles. The van der Waals surface area contributed by atoms with Crippen molar-refractivity contribution in [2.45, 2.75) is 0 Å². The fourth-order valence-electron chi connectivity index (χ4n) is 4.20. The minimum absolute atomic E-state index is 0.194. The van der Waals surface area contributed by atoms with Crippen molar-refractivity contribution in [3.63, 3.8) is 0 Å². The third kappa shape index (κ3) is 4.67. The van der Waals surface area contributed by atoms with Crippen LogP contribution >= 0.6 is 0 Å². The number of amides is 1. The molecule has 1 amide bonds. The second-order valence-electron chi connectivity index (χ2n) is 7.78. The summed E-state index contributed by atoms with van der Waals surface area (Å²) in [6, 6.07) is 14.6. The van der Waals surface area contributed by atoms with Crippen LogP contribution in [0.3, 0.4) is 0 Å². The molecule has 2 saturated heterocycles. The second kappa shape index (κ2) is 9.34. The molecule has 0 N–H and O–H groups in total. The first-order valence-electron chi connectivity index (χ1n) is 10.5. The summed E-state index contributed by atoms with van der Waals surface area (Å²) < 4.78 is 18.6. The number of anilines is 2. The van der Waals surface area contributed by atoms with Crippen LogP contribution in [0.2, 0.25) is 0 Å². The smallest absolute Gasteiger partial charge is 0.236 e.